The first kappa shape index (κ1) is 22.6. The Labute approximate surface area is 193 Å². The molecule has 3 aromatic carbocycles. The van der Waals surface area contributed by atoms with Crippen LogP contribution in [0.2, 0.25) is 0 Å². The molecular formula is C28H34BNO2. The second-order valence-corrected chi connectivity index (χ2v) is 10.1. The molecule has 0 saturated carbocycles. The molecule has 1 fully saturated rings. The smallest absolute Gasteiger partial charge is 0.399 e. The van der Waals surface area contributed by atoms with Gasteiger partial charge in [0.1, 0.15) is 0 Å². The fourth-order valence-corrected chi connectivity index (χ4v) is 4.28. The normalized spacial score (nSPS) is 16.9. The number of hydrogen-bond acceptors (Lipinski definition) is 3. The summed E-state index contributed by atoms with van der Waals surface area (Å²) in [7, 11) is -0.357. The first-order chi connectivity index (χ1) is 15.0. The van der Waals surface area contributed by atoms with E-state index < -0.39 is 0 Å². The van der Waals surface area contributed by atoms with E-state index in [9.17, 15) is 0 Å². The average Bonchev–Trinajstić information content (AvgIpc) is 2.93. The lowest BCUT2D eigenvalue weighted by Crippen LogP contribution is -2.41. The molecule has 1 heterocycles. The third kappa shape index (κ3) is 4.10. The van der Waals surface area contributed by atoms with Crippen LogP contribution in [0.25, 0.3) is 0 Å². The molecule has 32 heavy (non-hydrogen) atoms. The van der Waals surface area contributed by atoms with Crippen LogP contribution in [0.5, 0.6) is 0 Å². The van der Waals surface area contributed by atoms with Gasteiger partial charge < -0.3 is 14.2 Å². The van der Waals surface area contributed by atoms with Gasteiger partial charge in [0.2, 0.25) is 0 Å². The second-order valence-electron chi connectivity index (χ2n) is 10.1. The monoisotopic (exact) mass is 427 g/mol. The highest BCUT2D eigenvalue weighted by atomic mass is 16.7. The van der Waals surface area contributed by atoms with E-state index in [0.29, 0.717) is 0 Å². The second kappa shape index (κ2) is 8.10. The molecule has 4 heteroatoms. The molecule has 166 valence electrons. The van der Waals surface area contributed by atoms with Crippen LogP contribution in [0.3, 0.4) is 0 Å². The Morgan fingerprint density at radius 1 is 0.625 bits per heavy atom. The lowest BCUT2D eigenvalue weighted by Gasteiger charge is -2.32. The van der Waals surface area contributed by atoms with Crippen LogP contribution < -0.4 is 10.4 Å². The van der Waals surface area contributed by atoms with Gasteiger partial charge in [0.05, 0.1) is 11.2 Å². The van der Waals surface area contributed by atoms with Crippen LogP contribution >= 0.6 is 0 Å². The Balaban J connectivity index is 1.75. The molecule has 4 rings (SSSR count). The lowest BCUT2D eigenvalue weighted by atomic mass is 9.79. The number of hydrogen-bond donors (Lipinski definition) is 0. The molecular weight excluding hydrogens is 393 g/mol. The fourth-order valence-electron chi connectivity index (χ4n) is 4.28. The van der Waals surface area contributed by atoms with Crippen molar-refractivity contribution in [1.29, 1.82) is 0 Å². The van der Waals surface area contributed by atoms with Crippen LogP contribution in [0.4, 0.5) is 17.1 Å². The van der Waals surface area contributed by atoms with E-state index in [2.05, 4.69) is 121 Å². The number of nitrogens with zero attached hydrogens (tertiary/aromatic N) is 1. The summed E-state index contributed by atoms with van der Waals surface area (Å²) >= 11 is 0. The number of anilines is 3. The Morgan fingerprint density at radius 2 is 1.06 bits per heavy atom. The Bertz CT molecular complexity index is 1070. The van der Waals surface area contributed by atoms with Gasteiger partial charge in [-0.3, -0.25) is 0 Å². The van der Waals surface area contributed by atoms with E-state index in [-0.39, 0.29) is 18.3 Å². The zero-order valence-corrected chi connectivity index (χ0v) is 20.6. The molecule has 1 aliphatic heterocycles. The summed E-state index contributed by atoms with van der Waals surface area (Å²) in [4.78, 5) is 2.34. The summed E-state index contributed by atoms with van der Waals surface area (Å²) in [6, 6.07) is 21.8. The van der Waals surface area contributed by atoms with Crippen molar-refractivity contribution < 1.29 is 9.31 Å². The molecule has 0 radical (unpaired) electrons. The Hall–Kier alpha value is -2.56. The fraction of sp³-hybridized carbons (Fsp3) is 0.357. The number of aryl methyl sites for hydroxylation is 4. The highest BCUT2D eigenvalue weighted by Crippen LogP contribution is 2.39. The molecule has 1 aliphatic rings. The molecule has 3 nitrogen and oxygen atoms in total. The Kier molecular flexibility index (Phi) is 5.73. The largest absolute Gasteiger partial charge is 0.494 e. The summed E-state index contributed by atoms with van der Waals surface area (Å²) in [6.07, 6.45) is 0. The minimum Gasteiger partial charge on any atom is -0.399 e. The third-order valence-corrected chi connectivity index (χ3v) is 6.86. The van der Waals surface area contributed by atoms with Gasteiger partial charge in [0.25, 0.3) is 0 Å². The zero-order chi connectivity index (χ0) is 23.3. The maximum absolute atomic E-state index is 6.25. The third-order valence-electron chi connectivity index (χ3n) is 6.86. The van der Waals surface area contributed by atoms with E-state index in [1.54, 1.807) is 0 Å². The van der Waals surface area contributed by atoms with Crippen LogP contribution in [0.1, 0.15) is 49.9 Å². The van der Waals surface area contributed by atoms with Gasteiger partial charge in [0, 0.05) is 17.1 Å². The summed E-state index contributed by atoms with van der Waals surface area (Å²) < 4.78 is 12.5. The minimum absolute atomic E-state index is 0.347. The van der Waals surface area contributed by atoms with Gasteiger partial charge in [-0.2, -0.15) is 0 Å². The van der Waals surface area contributed by atoms with Gasteiger partial charge in [-0.1, -0.05) is 47.5 Å². The maximum atomic E-state index is 6.25. The highest BCUT2D eigenvalue weighted by Gasteiger charge is 2.51. The van der Waals surface area contributed by atoms with Crippen molar-refractivity contribution in [3.63, 3.8) is 0 Å². The molecule has 0 aromatic heterocycles. The van der Waals surface area contributed by atoms with Gasteiger partial charge in [0.15, 0.2) is 0 Å². The van der Waals surface area contributed by atoms with E-state index >= 15 is 0 Å². The number of rotatable bonds is 4. The first-order valence-electron chi connectivity index (χ1n) is 11.4. The van der Waals surface area contributed by atoms with E-state index in [1.807, 2.05) is 0 Å². The van der Waals surface area contributed by atoms with Gasteiger partial charge >= 0.3 is 7.12 Å². The molecule has 1 saturated heterocycles. The first-order valence-corrected chi connectivity index (χ1v) is 11.4. The topological polar surface area (TPSA) is 21.7 Å². The van der Waals surface area contributed by atoms with Gasteiger partial charge in [-0.15, -0.1) is 0 Å². The maximum Gasteiger partial charge on any atom is 0.494 e. The van der Waals surface area contributed by atoms with Crippen molar-refractivity contribution in [3.05, 3.63) is 82.9 Å². The molecule has 0 N–H and O–H groups in total. The molecule has 0 unspecified atom stereocenters. The SMILES string of the molecule is Cc1ccc(N(c2ccc(B3OC(C)(C)C(C)(C)O3)cc2)c2ccc(C)cc2C)c(C)c1. The van der Waals surface area contributed by atoms with Crippen LogP contribution in [0.15, 0.2) is 60.7 Å². The van der Waals surface area contributed by atoms with Crippen molar-refractivity contribution >= 4 is 29.6 Å². The van der Waals surface area contributed by atoms with Crippen LogP contribution in [-0.4, -0.2) is 18.3 Å². The van der Waals surface area contributed by atoms with Crippen molar-refractivity contribution in [2.24, 2.45) is 0 Å². The van der Waals surface area contributed by atoms with Crippen molar-refractivity contribution in [3.8, 4) is 0 Å². The molecule has 3 aromatic rings. The molecule has 0 atom stereocenters. The molecule has 0 aliphatic carbocycles. The predicted molar refractivity (Wildman–Crippen MR) is 136 cm³/mol. The van der Waals surface area contributed by atoms with Gasteiger partial charge in [-0.05, 0) is 96.2 Å². The molecule has 0 bridgehead atoms. The quantitative estimate of drug-likeness (QED) is 0.433. The zero-order valence-electron chi connectivity index (χ0n) is 20.6. The van der Waals surface area contributed by atoms with Crippen molar-refractivity contribution in [2.45, 2.75) is 66.6 Å². The summed E-state index contributed by atoms with van der Waals surface area (Å²) in [5.74, 6) is 0. The van der Waals surface area contributed by atoms with Crippen molar-refractivity contribution in [1.82, 2.24) is 0 Å². The Morgan fingerprint density at radius 3 is 1.47 bits per heavy atom. The minimum atomic E-state index is -0.357. The van der Waals surface area contributed by atoms with E-state index in [4.69, 9.17) is 9.31 Å². The van der Waals surface area contributed by atoms with E-state index in [0.717, 1.165) is 11.2 Å². The standard InChI is InChI=1S/C28H34BNO2/c1-19-9-15-25(21(3)17-19)30(26-16-10-20(2)18-22(26)4)24-13-11-23(12-14-24)29-31-27(5,6)28(7,8)32-29/h9-18H,1-8H3. The summed E-state index contributed by atoms with van der Waals surface area (Å²) in [5, 5.41) is 0. The van der Waals surface area contributed by atoms with Gasteiger partial charge in [-0.25, -0.2) is 0 Å². The average molecular weight is 427 g/mol. The lowest BCUT2D eigenvalue weighted by molar-refractivity contribution is 0.00578. The summed E-state index contributed by atoms with van der Waals surface area (Å²) in [6.45, 7) is 17.0. The van der Waals surface area contributed by atoms with Crippen LogP contribution in [-0.2, 0) is 9.31 Å². The highest BCUT2D eigenvalue weighted by molar-refractivity contribution is 6.62. The van der Waals surface area contributed by atoms with Crippen molar-refractivity contribution in [2.75, 3.05) is 4.90 Å². The molecule has 0 spiro atoms. The van der Waals surface area contributed by atoms with Crippen LogP contribution in [0, 0.1) is 27.7 Å². The predicted octanol–water partition coefficient (Wildman–Crippen LogP) is 6.69. The number of benzene rings is 3. The van der Waals surface area contributed by atoms with E-state index in [1.165, 1.54) is 33.6 Å². The molecule has 0 amide bonds. The summed E-state index contributed by atoms with van der Waals surface area (Å²) in [5.41, 5.74) is 8.86.